The summed E-state index contributed by atoms with van der Waals surface area (Å²) in [6.07, 6.45) is -0.242. The average Bonchev–Trinajstić information content (AvgIpc) is 3.18. The van der Waals surface area contributed by atoms with E-state index in [9.17, 15) is 18.0 Å². The molecule has 0 saturated carbocycles. The van der Waals surface area contributed by atoms with Crippen LogP contribution in [0.25, 0.3) is 0 Å². The zero-order valence-corrected chi connectivity index (χ0v) is 19.1. The summed E-state index contributed by atoms with van der Waals surface area (Å²) in [6.45, 7) is 7.95. The summed E-state index contributed by atoms with van der Waals surface area (Å²) in [5, 5.41) is 0. The molecular weight excluding hydrogens is 416 g/mol. The van der Waals surface area contributed by atoms with Gasteiger partial charge in [0.2, 0.25) is 10.0 Å². The van der Waals surface area contributed by atoms with E-state index in [0.29, 0.717) is 25.2 Å². The molecule has 31 heavy (non-hydrogen) atoms. The predicted molar refractivity (Wildman–Crippen MR) is 119 cm³/mol. The Labute approximate surface area is 183 Å². The first-order chi connectivity index (χ1) is 14.7. The number of sulfonamides is 1. The Morgan fingerprint density at radius 2 is 1.81 bits per heavy atom. The molecule has 1 atom stereocenters. The Hall–Kier alpha value is -2.71. The first kappa shape index (κ1) is 23.0. The van der Waals surface area contributed by atoms with E-state index >= 15 is 0 Å². The number of fused-ring (bicyclic) bond motifs is 1. The number of benzene rings is 2. The second-order valence-electron chi connectivity index (χ2n) is 7.48. The Morgan fingerprint density at radius 3 is 2.48 bits per heavy atom. The second kappa shape index (κ2) is 9.20. The first-order valence-corrected chi connectivity index (χ1v) is 11.9. The molecule has 1 unspecified atom stereocenters. The maximum absolute atomic E-state index is 12.9. The van der Waals surface area contributed by atoms with Gasteiger partial charge in [0, 0.05) is 25.3 Å². The van der Waals surface area contributed by atoms with Crippen molar-refractivity contribution in [1.82, 2.24) is 4.31 Å². The molecule has 0 aliphatic carbocycles. The molecule has 1 heterocycles. The summed E-state index contributed by atoms with van der Waals surface area (Å²) in [5.41, 5.74) is 2.63. The van der Waals surface area contributed by atoms with Crippen LogP contribution < -0.4 is 4.90 Å². The highest BCUT2D eigenvalue weighted by molar-refractivity contribution is 7.89. The number of carbonyl (C=O) groups excluding carboxylic acids is 2. The number of para-hydroxylation sites is 1. The highest BCUT2D eigenvalue weighted by Crippen LogP contribution is 2.28. The SMILES string of the molecule is CCN(CC)S(=O)(=O)c1ccc(C)c(C(=O)OC(C)C(=O)N2CCc3ccccc32)c1. The Balaban J connectivity index is 1.80. The minimum atomic E-state index is -3.71. The van der Waals surface area contributed by atoms with Gasteiger partial charge in [0.05, 0.1) is 10.5 Å². The zero-order chi connectivity index (χ0) is 22.8. The Morgan fingerprint density at radius 1 is 1.13 bits per heavy atom. The molecule has 0 N–H and O–H groups in total. The van der Waals surface area contributed by atoms with Crippen LogP contribution in [-0.4, -0.2) is 50.3 Å². The first-order valence-electron chi connectivity index (χ1n) is 10.4. The van der Waals surface area contributed by atoms with E-state index in [4.69, 9.17) is 4.74 Å². The van der Waals surface area contributed by atoms with Crippen LogP contribution in [-0.2, 0) is 26.0 Å². The standard InChI is InChI=1S/C23H28N2O5S/c1-5-24(6-2)31(28,29)19-12-11-16(3)20(15-19)23(27)30-17(4)22(26)25-14-13-18-9-7-8-10-21(18)25/h7-12,15,17H,5-6,13-14H2,1-4H3. The fraction of sp³-hybridized carbons (Fsp3) is 0.391. The third-order valence-corrected chi connectivity index (χ3v) is 7.60. The number of esters is 1. The van der Waals surface area contributed by atoms with E-state index in [-0.39, 0.29) is 16.4 Å². The molecule has 0 radical (unpaired) electrons. The van der Waals surface area contributed by atoms with Crippen LogP contribution in [0, 0.1) is 6.92 Å². The molecule has 3 rings (SSSR count). The van der Waals surface area contributed by atoms with Crippen molar-refractivity contribution in [2.45, 2.75) is 45.1 Å². The van der Waals surface area contributed by atoms with Gasteiger partial charge in [-0.2, -0.15) is 4.31 Å². The monoisotopic (exact) mass is 444 g/mol. The Kier molecular flexibility index (Phi) is 6.81. The maximum atomic E-state index is 12.9. The molecule has 7 nitrogen and oxygen atoms in total. The lowest BCUT2D eigenvalue weighted by Crippen LogP contribution is -2.39. The van der Waals surface area contributed by atoms with Crippen LogP contribution in [0.3, 0.4) is 0 Å². The summed E-state index contributed by atoms with van der Waals surface area (Å²) in [6, 6.07) is 12.0. The topological polar surface area (TPSA) is 84.0 Å². The second-order valence-corrected chi connectivity index (χ2v) is 9.42. The normalized spacial score (nSPS) is 14.4. The third kappa shape index (κ3) is 4.50. The zero-order valence-electron chi connectivity index (χ0n) is 18.3. The average molecular weight is 445 g/mol. The van der Waals surface area contributed by atoms with Crippen LogP contribution in [0.2, 0.25) is 0 Å². The summed E-state index contributed by atoms with van der Waals surface area (Å²) < 4.78 is 32.4. The largest absolute Gasteiger partial charge is 0.449 e. The van der Waals surface area contributed by atoms with Gasteiger partial charge in [-0.15, -0.1) is 0 Å². The highest BCUT2D eigenvalue weighted by Gasteiger charge is 2.31. The van der Waals surface area contributed by atoms with Crippen molar-refractivity contribution < 1.29 is 22.7 Å². The highest BCUT2D eigenvalue weighted by atomic mass is 32.2. The molecular formula is C23H28N2O5S. The van der Waals surface area contributed by atoms with Crippen molar-refractivity contribution in [1.29, 1.82) is 0 Å². The molecule has 166 valence electrons. The summed E-state index contributed by atoms with van der Waals surface area (Å²) in [4.78, 5) is 27.4. The number of carbonyl (C=O) groups is 2. The van der Waals surface area contributed by atoms with Crippen molar-refractivity contribution in [3.63, 3.8) is 0 Å². The van der Waals surface area contributed by atoms with E-state index in [1.807, 2.05) is 24.3 Å². The number of hydrogen-bond donors (Lipinski definition) is 0. The molecule has 0 spiro atoms. The van der Waals surface area contributed by atoms with Crippen LogP contribution >= 0.6 is 0 Å². The number of ether oxygens (including phenoxy) is 1. The van der Waals surface area contributed by atoms with Gasteiger partial charge in [-0.25, -0.2) is 13.2 Å². The lowest BCUT2D eigenvalue weighted by molar-refractivity contribution is -0.126. The molecule has 1 amide bonds. The molecule has 0 fully saturated rings. The van der Waals surface area contributed by atoms with Gasteiger partial charge in [0.15, 0.2) is 6.10 Å². The van der Waals surface area contributed by atoms with Gasteiger partial charge >= 0.3 is 5.97 Å². The van der Waals surface area contributed by atoms with Crippen LogP contribution in [0.4, 0.5) is 5.69 Å². The molecule has 0 aromatic heterocycles. The van der Waals surface area contributed by atoms with E-state index in [0.717, 1.165) is 17.7 Å². The summed E-state index contributed by atoms with van der Waals surface area (Å²) in [7, 11) is -3.71. The number of amides is 1. The molecule has 0 saturated heterocycles. The molecule has 8 heteroatoms. The number of aryl methyl sites for hydroxylation is 1. The van der Waals surface area contributed by atoms with Crippen molar-refractivity contribution in [3.05, 3.63) is 59.2 Å². The van der Waals surface area contributed by atoms with Crippen LogP contribution in [0.1, 0.15) is 42.3 Å². The number of nitrogens with zero attached hydrogens (tertiary/aromatic N) is 2. The lowest BCUT2D eigenvalue weighted by Gasteiger charge is -2.22. The summed E-state index contributed by atoms with van der Waals surface area (Å²) in [5.74, 6) is -1.02. The fourth-order valence-corrected chi connectivity index (χ4v) is 5.24. The van der Waals surface area contributed by atoms with Crippen molar-refractivity contribution in [2.75, 3.05) is 24.5 Å². The van der Waals surface area contributed by atoms with Crippen molar-refractivity contribution >= 4 is 27.6 Å². The third-order valence-electron chi connectivity index (χ3n) is 5.56. The van der Waals surface area contributed by atoms with E-state index in [1.54, 1.807) is 31.7 Å². The molecule has 0 bridgehead atoms. The number of rotatable bonds is 7. The van der Waals surface area contributed by atoms with Crippen molar-refractivity contribution in [3.8, 4) is 0 Å². The van der Waals surface area contributed by atoms with Gasteiger partial charge in [-0.3, -0.25) is 4.79 Å². The van der Waals surface area contributed by atoms with Gasteiger partial charge in [0.1, 0.15) is 0 Å². The number of hydrogen-bond acceptors (Lipinski definition) is 5. The van der Waals surface area contributed by atoms with Crippen LogP contribution in [0.15, 0.2) is 47.4 Å². The number of anilines is 1. The Bertz CT molecular complexity index is 1090. The summed E-state index contributed by atoms with van der Waals surface area (Å²) >= 11 is 0. The lowest BCUT2D eigenvalue weighted by atomic mass is 10.1. The minimum Gasteiger partial charge on any atom is -0.449 e. The van der Waals surface area contributed by atoms with Gasteiger partial charge < -0.3 is 9.64 Å². The molecule has 1 aliphatic heterocycles. The van der Waals surface area contributed by atoms with Gasteiger partial charge in [-0.1, -0.05) is 38.1 Å². The molecule has 1 aliphatic rings. The fourth-order valence-electron chi connectivity index (χ4n) is 3.76. The predicted octanol–water partition coefficient (Wildman–Crippen LogP) is 3.16. The molecule has 2 aromatic carbocycles. The van der Waals surface area contributed by atoms with E-state index in [1.165, 1.54) is 23.4 Å². The molecule has 2 aromatic rings. The smallest absolute Gasteiger partial charge is 0.339 e. The van der Waals surface area contributed by atoms with E-state index in [2.05, 4.69) is 0 Å². The van der Waals surface area contributed by atoms with Gasteiger partial charge in [-0.05, 0) is 49.6 Å². The van der Waals surface area contributed by atoms with E-state index < -0.39 is 22.1 Å². The maximum Gasteiger partial charge on any atom is 0.339 e. The van der Waals surface area contributed by atoms with Crippen molar-refractivity contribution in [2.24, 2.45) is 0 Å². The quantitative estimate of drug-likeness (QED) is 0.613. The van der Waals surface area contributed by atoms with Crippen LogP contribution in [0.5, 0.6) is 0 Å². The minimum absolute atomic E-state index is 0.0289. The van der Waals surface area contributed by atoms with Gasteiger partial charge in [0.25, 0.3) is 5.91 Å².